The first-order chi connectivity index (χ1) is 12.0. The fraction of sp³-hybridized carbons (Fsp3) is 0.500. The van der Waals surface area contributed by atoms with Crippen LogP contribution in [0.2, 0.25) is 0 Å². The van der Waals surface area contributed by atoms with Gasteiger partial charge in [-0.2, -0.15) is 0 Å². The third-order valence-corrected chi connectivity index (χ3v) is 4.81. The lowest BCUT2D eigenvalue weighted by atomic mass is 10.1. The number of nitrogens with zero attached hydrogens (tertiary/aromatic N) is 3. The van der Waals surface area contributed by atoms with E-state index in [1.807, 2.05) is 0 Å². The molecule has 0 radical (unpaired) electrons. The van der Waals surface area contributed by atoms with Crippen LogP contribution in [0.5, 0.6) is 0 Å². The van der Waals surface area contributed by atoms with Crippen LogP contribution >= 0.6 is 0 Å². The van der Waals surface area contributed by atoms with Crippen molar-refractivity contribution in [1.29, 1.82) is 0 Å². The van der Waals surface area contributed by atoms with Crippen LogP contribution in [0.3, 0.4) is 0 Å². The van der Waals surface area contributed by atoms with Crippen LogP contribution in [-0.2, 0) is 20.9 Å². The summed E-state index contributed by atoms with van der Waals surface area (Å²) in [6.07, 6.45) is 1.96. The average Bonchev–Trinajstić information content (AvgIpc) is 3.11. The lowest BCUT2D eigenvalue weighted by Gasteiger charge is -2.39. The van der Waals surface area contributed by atoms with Crippen LogP contribution in [0.1, 0.15) is 25.3 Å². The third-order valence-electron chi connectivity index (χ3n) is 4.81. The summed E-state index contributed by atoms with van der Waals surface area (Å²) < 4.78 is 13.3. The predicted octanol–water partition coefficient (Wildman–Crippen LogP) is 1.01. The van der Waals surface area contributed by atoms with Gasteiger partial charge in [-0.05, 0) is 37.5 Å². The molecule has 0 spiro atoms. The molecule has 0 N–H and O–H groups in total. The summed E-state index contributed by atoms with van der Waals surface area (Å²) in [5, 5.41) is 0. The van der Waals surface area contributed by atoms with Crippen molar-refractivity contribution in [1.82, 2.24) is 14.7 Å². The molecule has 2 fully saturated rings. The molecule has 134 valence electrons. The van der Waals surface area contributed by atoms with E-state index in [1.54, 1.807) is 24.0 Å². The molecule has 1 aromatic rings. The van der Waals surface area contributed by atoms with Crippen molar-refractivity contribution in [2.24, 2.45) is 0 Å². The van der Waals surface area contributed by atoms with Crippen LogP contribution < -0.4 is 0 Å². The van der Waals surface area contributed by atoms with Gasteiger partial charge in [0.05, 0.1) is 0 Å². The number of halogens is 1. The van der Waals surface area contributed by atoms with Crippen LogP contribution in [-0.4, -0.2) is 64.6 Å². The first kappa shape index (κ1) is 17.4. The maximum atomic E-state index is 13.3. The van der Waals surface area contributed by atoms with E-state index in [2.05, 4.69) is 0 Å². The van der Waals surface area contributed by atoms with Crippen molar-refractivity contribution in [3.05, 3.63) is 35.6 Å². The van der Waals surface area contributed by atoms with Gasteiger partial charge in [0, 0.05) is 19.6 Å². The highest BCUT2D eigenvalue weighted by molar-refractivity contribution is 5.96. The number of amides is 3. The molecule has 0 aliphatic carbocycles. The van der Waals surface area contributed by atoms with E-state index in [4.69, 9.17) is 0 Å². The summed E-state index contributed by atoms with van der Waals surface area (Å²) >= 11 is 0. The fourth-order valence-electron chi connectivity index (χ4n) is 3.37. The predicted molar refractivity (Wildman–Crippen MR) is 88.8 cm³/mol. The normalized spacial score (nSPS) is 21.2. The minimum absolute atomic E-state index is 0.0560. The largest absolute Gasteiger partial charge is 0.341 e. The van der Waals surface area contributed by atoms with Gasteiger partial charge in [0.1, 0.15) is 24.9 Å². The molecular weight excluding hydrogens is 325 g/mol. The molecule has 2 heterocycles. The average molecular weight is 347 g/mol. The summed E-state index contributed by atoms with van der Waals surface area (Å²) in [5.74, 6) is -0.961. The van der Waals surface area contributed by atoms with Gasteiger partial charge >= 0.3 is 0 Å². The van der Waals surface area contributed by atoms with Gasteiger partial charge < -0.3 is 14.7 Å². The summed E-state index contributed by atoms with van der Waals surface area (Å²) in [7, 11) is 0. The van der Waals surface area contributed by atoms with Gasteiger partial charge in [0.15, 0.2) is 0 Å². The molecular formula is C18H22FN3O3. The number of hydrogen-bond acceptors (Lipinski definition) is 3. The van der Waals surface area contributed by atoms with Gasteiger partial charge in [-0.15, -0.1) is 0 Å². The Kier molecular flexibility index (Phi) is 5.01. The van der Waals surface area contributed by atoms with E-state index in [-0.39, 0.29) is 43.2 Å². The third kappa shape index (κ3) is 3.81. The molecule has 2 aliphatic rings. The highest BCUT2D eigenvalue weighted by Gasteiger charge is 2.38. The second-order valence-electron chi connectivity index (χ2n) is 6.61. The van der Waals surface area contributed by atoms with Crippen molar-refractivity contribution in [2.75, 3.05) is 26.2 Å². The van der Waals surface area contributed by atoms with Gasteiger partial charge in [0.25, 0.3) is 0 Å². The molecule has 6 nitrogen and oxygen atoms in total. The minimum atomic E-state index is -0.693. The Morgan fingerprint density at radius 3 is 2.64 bits per heavy atom. The zero-order valence-electron chi connectivity index (χ0n) is 14.3. The molecule has 0 aromatic heterocycles. The Morgan fingerprint density at radius 1 is 1.24 bits per heavy atom. The maximum Gasteiger partial charge on any atom is 0.245 e. The van der Waals surface area contributed by atoms with Gasteiger partial charge in [-0.25, -0.2) is 4.39 Å². The molecule has 2 aliphatic heterocycles. The molecule has 0 bridgehead atoms. The quantitative estimate of drug-likeness (QED) is 0.817. The summed E-state index contributed by atoms with van der Waals surface area (Å²) in [6.45, 7) is 3.10. The van der Waals surface area contributed by atoms with Crippen LogP contribution in [0, 0.1) is 5.82 Å². The van der Waals surface area contributed by atoms with Gasteiger partial charge in [-0.3, -0.25) is 14.4 Å². The van der Waals surface area contributed by atoms with Crippen LogP contribution in [0.15, 0.2) is 24.3 Å². The number of carbonyl (C=O) groups excluding carboxylic acids is 3. The number of piperazine rings is 1. The lowest BCUT2D eigenvalue weighted by Crippen LogP contribution is -2.60. The number of likely N-dealkylation sites (tertiary alicyclic amines) is 1. The van der Waals surface area contributed by atoms with Crippen molar-refractivity contribution >= 4 is 17.7 Å². The van der Waals surface area contributed by atoms with Crippen molar-refractivity contribution in [2.45, 2.75) is 32.4 Å². The second-order valence-corrected chi connectivity index (χ2v) is 6.61. The number of benzene rings is 1. The molecule has 7 heteroatoms. The van der Waals surface area contributed by atoms with E-state index < -0.39 is 6.04 Å². The molecule has 0 saturated carbocycles. The summed E-state index contributed by atoms with van der Waals surface area (Å²) in [6, 6.07) is 5.29. The Bertz CT molecular complexity index is 688. The topological polar surface area (TPSA) is 60.9 Å². The molecule has 3 rings (SSSR count). The van der Waals surface area contributed by atoms with Crippen molar-refractivity contribution in [3.8, 4) is 0 Å². The van der Waals surface area contributed by atoms with E-state index in [9.17, 15) is 18.8 Å². The van der Waals surface area contributed by atoms with Crippen LogP contribution in [0.25, 0.3) is 0 Å². The van der Waals surface area contributed by atoms with E-state index in [0.717, 1.165) is 25.9 Å². The first-order valence-corrected chi connectivity index (χ1v) is 8.56. The molecule has 0 unspecified atom stereocenters. The fourth-order valence-corrected chi connectivity index (χ4v) is 3.37. The summed E-state index contributed by atoms with van der Waals surface area (Å²) in [4.78, 5) is 41.8. The SMILES string of the molecule is C[C@H]1C(=O)N(Cc2cccc(F)c2)CC(=O)N1CC(=O)N1CCCC1. The molecule has 2 saturated heterocycles. The van der Waals surface area contributed by atoms with Crippen molar-refractivity contribution in [3.63, 3.8) is 0 Å². The zero-order chi connectivity index (χ0) is 18.0. The van der Waals surface area contributed by atoms with Gasteiger partial charge in [0.2, 0.25) is 17.7 Å². The highest BCUT2D eigenvalue weighted by Crippen LogP contribution is 2.17. The zero-order valence-corrected chi connectivity index (χ0v) is 14.3. The molecule has 1 atom stereocenters. The van der Waals surface area contributed by atoms with E-state index in [0.29, 0.717) is 5.56 Å². The van der Waals surface area contributed by atoms with E-state index >= 15 is 0 Å². The van der Waals surface area contributed by atoms with Crippen molar-refractivity contribution < 1.29 is 18.8 Å². The monoisotopic (exact) mass is 347 g/mol. The molecule has 3 amide bonds. The second kappa shape index (κ2) is 7.21. The smallest absolute Gasteiger partial charge is 0.245 e. The highest BCUT2D eigenvalue weighted by atomic mass is 19.1. The summed E-state index contributed by atoms with van der Waals surface area (Å²) in [5.41, 5.74) is 0.634. The number of rotatable bonds is 4. The standard InChI is InChI=1S/C18H22FN3O3/c1-13-18(25)21(10-14-5-4-6-15(19)9-14)11-17(24)22(13)12-16(23)20-7-2-3-8-20/h4-6,9,13H,2-3,7-8,10-12H2,1H3/t13-/m0/s1. The van der Waals surface area contributed by atoms with Gasteiger partial charge in [-0.1, -0.05) is 12.1 Å². The van der Waals surface area contributed by atoms with E-state index in [1.165, 1.54) is 21.9 Å². The number of hydrogen-bond donors (Lipinski definition) is 0. The Balaban J connectivity index is 1.65. The Labute approximate surface area is 146 Å². The first-order valence-electron chi connectivity index (χ1n) is 8.56. The van der Waals surface area contributed by atoms with Crippen LogP contribution in [0.4, 0.5) is 4.39 Å². The number of carbonyl (C=O) groups is 3. The maximum absolute atomic E-state index is 13.3. The minimum Gasteiger partial charge on any atom is -0.341 e. The lowest BCUT2D eigenvalue weighted by molar-refractivity contribution is -0.158. The Hall–Kier alpha value is -2.44. The molecule has 1 aromatic carbocycles. The Morgan fingerprint density at radius 2 is 1.96 bits per heavy atom. The molecule has 25 heavy (non-hydrogen) atoms.